The van der Waals surface area contributed by atoms with Crippen molar-refractivity contribution < 1.29 is 23.6 Å². The average Bonchev–Trinajstić information content (AvgIpc) is 1.59. The maximum atomic E-state index is 12.0. The van der Waals surface area contributed by atoms with Gasteiger partial charge < -0.3 is 50.8 Å². The Labute approximate surface area is 804 Å². The average molecular weight is 1840 g/mol. The second-order valence-corrected chi connectivity index (χ2v) is 35.3. The van der Waals surface area contributed by atoms with E-state index < -0.39 is 0 Å². The van der Waals surface area contributed by atoms with Crippen molar-refractivity contribution >= 4 is 153 Å². The standard InChI is InChI=1S/C34H29N6.C28H24N6O.C26H20N6O.C24H16N6O2/c1-22-20-40(21-24-7-3-2-4-8-24)32-31(22)38-34(36-26-15-11-23(19-35)12-16-26)39-33(32)37-30-18-17-27(25-13-14-25)28-9-5-6-10-29(28)30;1-16(2)22-15-31-26-25(22)27(34-28(33-26)32-19-7-3-17(13-29)4-8-19)35-24-10-9-20(18-5-6-18)21-11-12-30-14-23(21)24;1-15-14-29-24-22(15)25(32-26(31-24)30-18-8-4-16(13-27)5-9-18)33-21-11-10-19(17-6-7-17)20-3-2-12-28-23(20)21;1-14(31)17-6-7-21(19-13-26-10-8-18(17)19)32-23-22-20(9-11-27-22)29-24(30-23)28-16-4-2-15(12-25)3-5-16/h2-12,15-18,20,22,25H,13-14,21H2,1H3,(H2,36,37,38,39);3-4,7-12,14-16,18H,5-6H2,1-2H3,(H2,31,32,33,34);2-5,8-12,14,17H,6-7H2,1H3,(H2,29,30,31,32);2-8,10-11,13H,9H2,1H3,(H,28,29,30)/q+1;;;. The van der Waals surface area contributed by atoms with E-state index in [-0.39, 0.29) is 17.6 Å². The number of aromatic amines is 2. The number of aliphatic imine (C=N–C) groups is 1. The van der Waals surface area contributed by atoms with Gasteiger partial charge in [-0.2, -0.15) is 55.5 Å². The first-order valence-corrected chi connectivity index (χ1v) is 46.4. The highest BCUT2D eigenvalue weighted by Crippen LogP contribution is 2.50. The molecule has 3 saturated carbocycles. The van der Waals surface area contributed by atoms with Crippen molar-refractivity contribution in [3.8, 4) is 59.2 Å². The molecular formula is C112H89N24O4+. The van der Waals surface area contributed by atoms with Crippen LogP contribution >= 0.6 is 0 Å². The number of benzene rings is 10. The number of H-pyrrole nitrogens is 2. The summed E-state index contributed by atoms with van der Waals surface area (Å²) in [5.41, 5.74) is 20.1. The maximum Gasteiger partial charge on any atom is 0.271 e. The zero-order valence-corrected chi connectivity index (χ0v) is 76.8. The number of hydrogen-bond donors (Lipinski definition) is 7. The highest BCUT2D eigenvalue weighted by Gasteiger charge is 2.37. The van der Waals surface area contributed by atoms with Gasteiger partial charge in [-0.05, 0) is 273 Å². The fourth-order valence-electron chi connectivity index (χ4n) is 17.8. The van der Waals surface area contributed by atoms with Gasteiger partial charge in [-0.15, -0.1) is 0 Å². The van der Waals surface area contributed by atoms with Crippen LogP contribution in [0.4, 0.5) is 69.4 Å². The van der Waals surface area contributed by atoms with Gasteiger partial charge in [-0.1, -0.05) is 92.7 Å². The lowest BCUT2D eigenvalue weighted by Gasteiger charge is -2.15. The van der Waals surface area contributed by atoms with E-state index in [1.807, 2.05) is 92.4 Å². The van der Waals surface area contributed by atoms with Gasteiger partial charge in [0.2, 0.25) is 41.4 Å². The summed E-state index contributed by atoms with van der Waals surface area (Å²) in [6.45, 7) is 10.7. The van der Waals surface area contributed by atoms with Crippen molar-refractivity contribution in [3.05, 3.63) is 340 Å². The lowest BCUT2D eigenvalue weighted by molar-refractivity contribution is -0.449. The number of ether oxygens (including phenoxy) is 3. The highest BCUT2D eigenvalue weighted by molar-refractivity contribution is 6.09. The Kier molecular flexibility index (Phi) is 24.2. The topological polar surface area (TPSA) is 389 Å². The molecule has 0 saturated heterocycles. The first-order valence-electron chi connectivity index (χ1n) is 46.4. The minimum absolute atomic E-state index is 0.0332. The van der Waals surface area contributed by atoms with Crippen LogP contribution in [0, 0.1) is 52.2 Å². The number of pyridine rings is 3. The van der Waals surface area contributed by atoms with Crippen LogP contribution in [0.25, 0.3) is 65.3 Å². The van der Waals surface area contributed by atoms with Crippen LogP contribution in [0.2, 0.25) is 0 Å². The second-order valence-electron chi connectivity index (χ2n) is 35.3. The minimum Gasteiger partial charge on any atom is -0.437 e. The number of rotatable bonds is 23. The van der Waals surface area contributed by atoms with E-state index >= 15 is 0 Å². The van der Waals surface area contributed by atoms with Gasteiger partial charge in [-0.3, -0.25) is 24.7 Å². The Bertz CT molecular complexity index is 8310. The number of fused-ring (bicyclic) bond motifs is 8. The summed E-state index contributed by atoms with van der Waals surface area (Å²) in [5.74, 6) is 7.88. The molecule has 140 heavy (non-hydrogen) atoms. The van der Waals surface area contributed by atoms with Crippen molar-refractivity contribution in [2.45, 2.75) is 116 Å². The number of nitrogens with zero attached hydrogens (tertiary/aromatic N) is 17. The third-order valence-electron chi connectivity index (χ3n) is 25.2. The molecule has 1 atom stereocenters. The molecule has 2 aliphatic heterocycles. The number of anilines is 10. The molecule has 0 spiro atoms. The van der Waals surface area contributed by atoms with Gasteiger partial charge in [-0.25, -0.2) is 9.97 Å². The van der Waals surface area contributed by atoms with Crippen molar-refractivity contribution in [3.63, 3.8) is 0 Å². The lowest BCUT2D eigenvalue weighted by Crippen LogP contribution is -2.09. The summed E-state index contributed by atoms with van der Waals surface area (Å²) < 4.78 is 21.4. The molecule has 0 radical (unpaired) electrons. The highest BCUT2D eigenvalue weighted by atomic mass is 16.5. The lowest BCUT2D eigenvalue weighted by atomic mass is 9.99. The van der Waals surface area contributed by atoms with E-state index in [0.717, 1.165) is 107 Å². The van der Waals surface area contributed by atoms with Crippen LogP contribution in [-0.2, 0) is 13.0 Å². The Morgan fingerprint density at radius 1 is 0.464 bits per heavy atom. The quantitative estimate of drug-likeness (QED) is 0.0231. The van der Waals surface area contributed by atoms with Crippen molar-refractivity contribution in [1.29, 1.82) is 21.0 Å². The summed E-state index contributed by atoms with van der Waals surface area (Å²) in [7, 11) is 0. The zero-order valence-electron chi connectivity index (χ0n) is 76.8. The third-order valence-corrected chi connectivity index (χ3v) is 25.2. The van der Waals surface area contributed by atoms with Gasteiger partial charge >= 0.3 is 0 Å². The summed E-state index contributed by atoms with van der Waals surface area (Å²) in [5, 5.41) is 61.9. The Balaban J connectivity index is 0.000000111. The van der Waals surface area contributed by atoms with Crippen molar-refractivity contribution in [2.24, 2.45) is 4.99 Å². The van der Waals surface area contributed by atoms with Gasteiger partial charge in [0.15, 0.2) is 24.3 Å². The first-order chi connectivity index (χ1) is 68.6. The molecule has 1 unspecified atom stereocenters. The van der Waals surface area contributed by atoms with E-state index in [1.54, 1.807) is 104 Å². The number of hydrogen-bond acceptors (Lipinski definition) is 25. The molecule has 28 nitrogen and oxygen atoms in total. The van der Waals surface area contributed by atoms with Gasteiger partial charge in [0.25, 0.3) is 11.6 Å². The molecule has 5 aliphatic rings. The molecule has 680 valence electrons. The van der Waals surface area contributed by atoms with Crippen LogP contribution in [0.15, 0.2) is 273 Å². The zero-order chi connectivity index (χ0) is 95.4. The molecule has 3 aliphatic carbocycles. The van der Waals surface area contributed by atoms with Crippen LogP contribution in [0.3, 0.4) is 0 Å². The number of aromatic nitrogens is 13. The molecule has 24 rings (SSSR count). The summed E-state index contributed by atoms with van der Waals surface area (Å²) in [6, 6.07) is 80.5. The number of Topliss-reactive ketones (excluding diaryl/α,β-unsaturated/α-hetero) is 1. The smallest absolute Gasteiger partial charge is 0.271 e. The molecular weight excluding hydrogens is 1750 g/mol. The van der Waals surface area contributed by atoms with Crippen LogP contribution in [-0.4, -0.2) is 87.6 Å². The molecule has 28 heteroatoms. The predicted octanol–water partition coefficient (Wildman–Crippen LogP) is 25.8. The van der Waals surface area contributed by atoms with E-state index in [1.165, 1.54) is 83.9 Å². The molecule has 10 aromatic carbocycles. The summed E-state index contributed by atoms with van der Waals surface area (Å²) in [6.07, 6.45) is 24.7. The second kappa shape index (κ2) is 38.4. The molecule has 19 aromatic rings. The predicted molar refractivity (Wildman–Crippen MR) is 543 cm³/mol. The Morgan fingerprint density at radius 2 is 0.943 bits per heavy atom. The fourth-order valence-corrected chi connectivity index (χ4v) is 17.8. The van der Waals surface area contributed by atoms with Gasteiger partial charge in [0, 0.05) is 117 Å². The van der Waals surface area contributed by atoms with Crippen LogP contribution in [0.1, 0.15) is 173 Å². The van der Waals surface area contributed by atoms with E-state index in [0.29, 0.717) is 127 Å². The SMILES string of the molecule is CC(=O)c1ccc(Oc2nc(Nc3ccc(C#N)cc3)nc3c2N=CC3)c2cnccc12.CC(C)c1c[nH]c2nc(Nc3ccc(C#N)cc3)nc(Oc3ccc(C4CC4)c4ccncc34)c12.CC1C=[N+](Cc2ccccc2)c2c(Nc3ccc(C4CC4)c4ccccc34)nc(Nc3ccc(C#N)cc3)nc21.Cc1c[nH]c2nc(Nc3ccc(C#N)cc3)nc(Oc3ccc(C4CC4)c4cccnc34)c12. The first kappa shape index (κ1) is 88.1. The monoisotopic (exact) mass is 1830 g/mol. The molecule has 7 N–H and O–H groups in total. The van der Waals surface area contributed by atoms with Crippen LogP contribution in [0.5, 0.6) is 34.9 Å². The van der Waals surface area contributed by atoms with Gasteiger partial charge in [0.1, 0.15) is 39.7 Å². The number of nitriles is 4. The van der Waals surface area contributed by atoms with E-state index in [9.17, 15) is 10.1 Å². The van der Waals surface area contributed by atoms with Crippen molar-refractivity contribution in [1.82, 2.24) is 64.8 Å². The fraction of sp³-hybridized carbons (Fsp3) is 0.161. The largest absolute Gasteiger partial charge is 0.437 e. The number of aryl methyl sites for hydroxylation is 1. The Morgan fingerprint density at radius 3 is 1.52 bits per heavy atom. The summed E-state index contributed by atoms with van der Waals surface area (Å²) in [4.78, 5) is 73.9. The Hall–Kier alpha value is -18.5. The van der Waals surface area contributed by atoms with Crippen LogP contribution < -0.4 is 40.8 Å². The summed E-state index contributed by atoms with van der Waals surface area (Å²) >= 11 is 0. The molecule has 11 heterocycles. The molecule has 3 fully saturated rings. The molecule has 9 aromatic heterocycles. The molecule has 0 amide bonds. The molecule has 0 bridgehead atoms. The normalized spacial score (nSPS) is 13.6. The minimum atomic E-state index is -0.0332. The van der Waals surface area contributed by atoms with Gasteiger partial charge in [0.05, 0.1) is 68.9 Å². The third kappa shape index (κ3) is 18.8. The number of nitrogens with one attached hydrogen (secondary N) is 7. The van der Waals surface area contributed by atoms with E-state index in [2.05, 4.69) is 217 Å². The number of carbonyl (C=O) groups excluding carboxylic acids is 1. The van der Waals surface area contributed by atoms with Crippen molar-refractivity contribution in [2.75, 3.05) is 26.6 Å². The number of carbonyl (C=O) groups is 1. The van der Waals surface area contributed by atoms with E-state index in [4.69, 9.17) is 49.9 Å². The maximum absolute atomic E-state index is 12.0. The number of ketones is 1.